The Morgan fingerprint density at radius 1 is 0.833 bits per heavy atom. The molecular formula is C31H26FNO3. The number of ether oxygens (including phenoxy) is 2. The molecule has 1 amide bonds. The summed E-state index contributed by atoms with van der Waals surface area (Å²) in [6.45, 7) is 1.03. The second kappa shape index (κ2) is 10.9. The highest BCUT2D eigenvalue weighted by Gasteiger charge is 2.28. The Kier molecular flexibility index (Phi) is 7.08. The van der Waals surface area contributed by atoms with Crippen LogP contribution in [0.25, 0.3) is 17.2 Å². The highest BCUT2D eigenvalue weighted by Crippen LogP contribution is 2.44. The van der Waals surface area contributed by atoms with Gasteiger partial charge in [0, 0.05) is 12.5 Å². The maximum absolute atomic E-state index is 13.0. The topological polar surface area (TPSA) is 47.6 Å². The maximum Gasteiger partial charge on any atom is 0.407 e. The molecule has 36 heavy (non-hydrogen) atoms. The van der Waals surface area contributed by atoms with Gasteiger partial charge in [-0.2, -0.15) is 0 Å². The van der Waals surface area contributed by atoms with E-state index in [1.165, 1.54) is 34.4 Å². The Morgan fingerprint density at radius 2 is 1.47 bits per heavy atom. The van der Waals surface area contributed by atoms with E-state index in [2.05, 4.69) is 29.6 Å². The van der Waals surface area contributed by atoms with Crippen LogP contribution in [-0.4, -0.2) is 19.2 Å². The van der Waals surface area contributed by atoms with Gasteiger partial charge in [0.25, 0.3) is 0 Å². The first-order chi connectivity index (χ1) is 17.7. The molecule has 180 valence electrons. The van der Waals surface area contributed by atoms with Gasteiger partial charge in [0.15, 0.2) is 0 Å². The zero-order valence-corrected chi connectivity index (χ0v) is 19.7. The molecule has 0 fully saturated rings. The van der Waals surface area contributed by atoms with Gasteiger partial charge >= 0.3 is 6.09 Å². The summed E-state index contributed by atoms with van der Waals surface area (Å²) in [4.78, 5) is 12.3. The fourth-order valence-corrected chi connectivity index (χ4v) is 4.41. The van der Waals surface area contributed by atoms with Gasteiger partial charge in [-0.15, -0.1) is 0 Å². The number of hydrogen-bond acceptors (Lipinski definition) is 3. The van der Waals surface area contributed by atoms with E-state index in [0.717, 1.165) is 16.9 Å². The highest BCUT2D eigenvalue weighted by molar-refractivity contribution is 5.79. The summed E-state index contributed by atoms with van der Waals surface area (Å²) in [5.41, 5.74) is 6.68. The lowest BCUT2D eigenvalue weighted by Crippen LogP contribution is -2.26. The first-order valence-corrected chi connectivity index (χ1v) is 11.9. The molecule has 0 saturated carbocycles. The molecule has 0 heterocycles. The van der Waals surface area contributed by atoms with Gasteiger partial charge in [0.2, 0.25) is 0 Å². The van der Waals surface area contributed by atoms with Crippen LogP contribution in [0.3, 0.4) is 0 Å². The Hall–Kier alpha value is -4.38. The van der Waals surface area contributed by atoms with Crippen LogP contribution < -0.4 is 10.1 Å². The van der Waals surface area contributed by atoms with Gasteiger partial charge < -0.3 is 14.8 Å². The van der Waals surface area contributed by atoms with E-state index in [-0.39, 0.29) is 11.7 Å². The summed E-state index contributed by atoms with van der Waals surface area (Å²) in [5, 5.41) is 2.78. The van der Waals surface area contributed by atoms with E-state index in [9.17, 15) is 9.18 Å². The molecule has 4 nitrogen and oxygen atoms in total. The smallest absolute Gasteiger partial charge is 0.407 e. The van der Waals surface area contributed by atoms with Crippen LogP contribution in [0.2, 0.25) is 0 Å². The Morgan fingerprint density at radius 3 is 2.14 bits per heavy atom. The minimum Gasteiger partial charge on any atom is -0.489 e. The summed E-state index contributed by atoms with van der Waals surface area (Å²) in [6.07, 6.45) is 3.36. The van der Waals surface area contributed by atoms with Gasteiger partial charge in [0.1, 0.15) is 24.8 Å². The average molecular weight is 480 g/mol. The molecule has 5 rings (SSSR count). The number of carbonyl (C=O) groups excluding carboxylic acids is 1. The molecule has 1 aliphatic carbocycles. The maximum atomic E-state index is 13.0. The van der Waals surface area contributed by atoms with Crippen molar-refractivity contribution in [3.63, 3.8) is 0 Å². The molecule has 0 aliphatic heterocycles. The van der Waals surface area contributed by atoms with Crippen LogP contribution in [0.5, 0.6) is 5.75 Å². The predicted molar refractivity (Wildman–Crippen MR) is 139 cm³/mol. The normalized spacial score (nSPS) is 12.2. The lowest BCUT2D eigenvalue weighted by atomic mass is 9.98. The summed E-state index contributed by atoms with van der Waals surface area (Å²) >= 11 is 0. The molecule has 4 aromatic carbocycles. The number of fused-ring (bicyclic) bond motifs is 3. The molecule has 5 heteroatoms. The van der Waals surface area contributed by atoms with Crippen LogP contribution in [0, 0.1) is 5.82 Å². The Bertz CT molecular complexity index is 1320. The predicted octanol–water partition coefficient (Wildman–Crippen LogP) is 6.96. The molecule has 1 N–H and O–H groups in total. The van der Waals surface area contributed by atoms with Crippen molar-refractivity contribution in [2.24, 2.45) is 0 Å². The van der Waals surface area contributed by atoms with Crippen molar-refractivity contribution in [1.82, 2.24) is 5.32 Å². The van der Waals surface area contributed by atoms with Crippen molar-refractivity contribution in [2.75, 3.05) is 13.2 Å². The zero-order valence-electron chi connectivity index (χ0n) is 19.7. The van der Waals surface area contributed by atoms with Crippen LogP contribution in [-0.2, 0) is 11.3 Å². The van der Waals surface area contributed by atoms with Crippen molar-refractivity contribution in [2.45, 2.75) is 12.5 Å². The van der Waals surface area contributed by atoms with Crippen LogP contribution in [0.4, 0.5) is 9.18 Å². The van der Waals surface area contributed by atoms with Crippen LogP contribution in [0.1, 0.15) is 28.2 Å². The molecule has 0 saturated heterocycles. The summed E-state index contributed by atoms with van der Waals surface area (Å²) in [7, 11) is 0. The Balaban J connectivity index is 1.07. The van der Waals surface area contributed by atoms with Crippen molar-refractivity contribution in [3.8, 4) is 16.9 Å². The highest BCUT2D eigenvalue weighted by atomic mass is 19.1. The number of amides is 1. The first-order valence-electron chi connectivity index (χ1n) is 11.9. The number of rotatable bonds is 8. The van der Waals surface area contributed by atoms with Crippen LogP contribution >= 0.6 is 0 Å². The molecule has 0 bridgehead atoms. The van der Waals surface area contributed by atoms with Crippen molar-refractivity contribution in [1.29, 1.82) is 0 Å². The minimum atomic E-state index is -0.439. The summed E-state index contributed by atoms with van der Waals surface area (Å²) < 4.78 is 24.3. The second-order valence-electron chi connectivity index (χ2n) is 8.59. The average Bonchev–Trinajstić information content (AvgIpc) is 3.24. The van der Waals surface area contributed by atoms with Gasteiger partial charge in [-0.1, -0.05) is 84.9 Å². The largest absolute Gasteiger partial charge is 0.489 e. The van der Waals surface area contributed by atoms with Gasteiger partial charge in [-0.3, -0.25) is 0 Å². The van der Waals surface area contributed by atoms with E-state index in [4.69, 9.17) is 9.47 Å². The van der Waals surface area contributed by atoms with E-state index >= 15 is 0 Å². The third-order valence-electron chi connectivity index (χ3n) is 6.22. The standard InChI is InChI=1S/C31H26FNO3/c32-24-15-11-23(12-16-24)20-35-25-17-13-22(14-18-25)6-5-19-33-31(34)36-21-30-28-9-3-1-7-26(28)27-8-2-4-10-29(27)30/h1-18,30H,19-21H2,(H,33,34). The molecule has 0 atom stereocenters. The zero-order chi connectivity index (χ0) is 24.7. The number of nitrogens with one attached hydrogen (secondary N) is 1. The van der Waals surface area contributed by atoms with Crippen molar-refractivity contribution in [3.05, 3.63) is 131 Å². The number of alkyl carbamates (subject to hydrolysis) is 1. The molecule has 0 radical (unpaired) electrons. The van der Waals surface area contributed by atoms with Crippen molar-refractivity contribution >= 4 is 12.2 Å². The van der Waals surface area contributed by atoms with E-state index in [1.807, 2.05) is 60.7 Å². The van der Waals surface area contributed by atoms with E-state index in [0.29, 0.717) is 19.8 Å². The first kappa shape index (κ1) is 23.4. The molecule has 0 unspecified atom stereocenters. The molecule has 0 spiro atoms. The summed E-state index contributed by atoms with van der Waals surface area (Å²) in [6, 6.07) is 30.4. The Labute approximate surface area is 210 Å². The number of benzene rings is 4. The lowest BCUT2D eigenvalue weighted by Gasteiger charge is -2.14. The molecule has 4 aromatic rings. The third kappa shape index (κ3) is 5.47. The van der Waals surface area contributed by atoms with Gasteiger partial charge in [-0.05, 0) is 57.6 Å². The SMILES string of the molecule is O=C(NCC=Cc1ccc(OCc2ccc(F)cc2)cc1)OCC1c2ccccc2-c2ccccc21. The number of halogens is 1. The molecular weight excluding hydrogens is 453 g/mol. The third-order valence-corrected chi connectivity index (χ3v) is 6.22. The second-order valence-corrected chi connectivity index (χ2v) is 8.59. The van der Waals surface area contributed by atoms with Crippen molar-refractivity contribution < 1.29 is 18.7 Å². The van der Waals surface area contributed by atoms with E-state index in [1.54, 1.807) is 12.1 Å². The fourth-order valence-electron chi connectivity index (χ4n) is 4.41. The lowest BCUT2D eigenvalue weighted by molar-refractivity contribution is 0.144. The summed E-state index contributed by atoms with van der Waals surface area (Å²) in [5.74, 6) is 0.513. The number of carbonyl (C=O) groups is 1. The monoisotopic (exact) mass is 479 g/mol. The van der Waals surface area contributed by atoms with E-state index < -0.39 is 6.09 Å². The fraction of sp³-hybridized carbons (Fsp3) is 0.129. The van der Waals surface area contributed by atoms with Gasteiger partial charge in [0.05, 0.1) is 0 Å². The van der Waals surface area contributed by atoms with Crippen LogP contribution in [0.15, 0.2) is 103 Å². The minimum absolute atomic E-state index is 0.0440. The molecule has 0 aromatic heterocycles. The van der Waals surface area contributed by atoms with Gasteiger partial charge in [-0.25, -0.2) is 9.18 Å². The quantitative estimate of drug-likeness (QED) is 0.297. The number of hydrogen-bond donors (Lipinski definition) is 1. The molecule has 1 aliphatic rings.